The average Bonchev–Trinajstić information content (AvgIpc) is 2.19. The molecule has 1 atom stereocenters. The van der Waals surface area contributed by atoms with Gasteiger partial charge in [0.25, 0.3) is 0 Å². The van der Waals surface area contributed by atoms with E-state index < -0.39 is 0 Å². The molecule has 0 bridgehead atoms. The summed E-state index contributed by atoms with van der Waals surface area (Å²) in [5.41, 5.74) is 2.51. The van der Waals surface area contributed by atoms with Crippen molar-refractivity contribution in [3.8, 4) is 0 Å². The number of rotatable bonds is 2. The number of methoxy groups -OCH3 is 1. The van der Waals surface area contributed by atoms with Gasteiger partial charge in [0.05, 0.1) is 6.61 Å². The number of aryl methyl sites for hydroxylation is 1. The van der Waals surface area contributed by atoms with Gasteiger partial charge >= 0.3 is 0 Å². The van der Waals surface area contributed by atoms with Gasteiger partial charge < -0.3 is 10.1 Å². The smallest absolute Gasteiger partial charge is 0.0664 e. The first-order valence-corrected chi connectivity index (χ1v) is 5.21. The van der Waals surface area contributed by atoms with Crippen molar-refractivity contribution in [1.82, 2.24) is 0 Å². The second kappa shape index (κ2) is 4.20. The Labute approximate surface area is 89.2 Å². The third-order valence-electron chi connectivity index (χ3n) is 2.56. The van der Waals surface area contributed by atoms with E-state index in [1.165, 1.54) is 11.3 Å². The molecule has 2 rings (SSSR count). The lowest BCUT2D eigenvalue weighted by Gasteiger charge is -2.26. The summed E-state index contributed by atoms with van der Waals surface area (Å²) in [7, 11) is 1.74. The zero-order valence-electron chi connectivity index (χ0n) is 8.22. The Hall–Kier alpha value is -0.730. The quantitative estimate of drug-likeness (QED) is 0.812. The summed E-state index contributed by atoms with van der Waals surface area (Å²) < 4.78 is 5.13. The van der Waals surface area contributed by atoms with Crippen LogP contribution in [0.3, 0.4) is 0 Å². The van der Waals surface area contributed by atoms with Crippen molar-refractivity contribution in [2.24, 2.45) is 0 Å². The number of benzene rings is 1. The van der Waals surface area contributed by atoms with Crippen molar-refractivity contribution in [1.29, 1.82) is 0 Å². The standard InChI is InChI=1S/C11H14ClNO/c1-14-7-10-4-2-8-6-9(12)3-5-11(8)13-10/h3,5-6,10,13H,2,4,7H2,1H3. The second-order valence-electron chi connectivity index (χ2n) is 3.64. The molecule has 0 radical (unpaired) electrons. The van der Waals surface area contributed by atoms with E-state index in [2.05, 4.69) is 5.32 Å². The van der Waals surface area contributed by atoms with Crippen molar-refractivity contribution in [3.05, 3.63) is 28.8 Å². The lowest BCUT2D eigenvalue weighted by atomic mass is 9.99. The van der Waals surface area contributed by atoms with Crippen LogP contribution in [-0.4, -0.2) is 19.8 Å². The Morgan fingerprint density at radius 2 is 2.43 bits per heavy atom. The zero-order valence-corrected chi connectivity index (χ0v) is 8.97. The highest BCUT2D eigenvalue weighted by Crippen LogP contribution is 2.27. The molecule has 0 aromatic heterocycles. The number of fused-ring (bicyclic) bond motifs is 1. The molecule has 0 amide bonds. The highest BCUT2D eigenvalue weighted by Gasteiger charge is 2.17. The predicted octanol–water partition coefficient (Wildman–Crippen LogP) is 2.71. The van der Waals surface area contributed by atoms with Gasteiger partial charge in [0, 0.05) is 23.9 Å². The van der Waals surface area contributed by atoms with Gasteiger partial charge in [-0.05, 0) is 36.6 Å². The minimum absolute atomic E-state index is 0.439. The van der Waals surface area contributed by atoms with Crippen LogP contribution in [0.25, 0.3) is 0 Å². The van der Waals surface area contributed by atoms with Crippen LogP contribution in [-0.2, 0) is 11.2 Å². The number of hydrogen-bond acceptors (Lipinski definition) is 2. The minimum atomic E-state index is 0.439. The summed E-state index contributed by atoms with van der Waals surface area (Å²) >= 11 is 5.92. The fourth-order valence-corrected chi connectivity index (χ4v) is 2.05. The molecule has 0 aliphatic carbocycles. The van der Waals surface area contributed by atoms with E-state index in [4.69, 9.17) is 16.3 Å². The third kappa shape index (κ3) is 2.02. The molecule has 0 saturated carbocycles. The maximum absolute atomic E-state index is 5.92. The molecule has 1 N–H and O–H groups in total. The third-order valence-corrected chi connectivity index (χ3v) is 2.79. The molecule has 1 aliphatic rings. The van der Waals surface area contributed by atoms with Gasteiger partial charge in [0.2, 0.25) is 0 Å². The summed E-state index contributed by atoms with van der Waals surface area (Å²) in [5.74, 6) is 0. The molecule has 0 saturated heterocycles. The summed E-state index contributed by atoms with van der Waals surface area (Å²) in [6.07, 6.45) is 2.19. The fourth-order valence-electron chi connectivity index (χ4n) is 1.86. The first kappa shape index (κ1) is 9.81. The molecule has 0 spiro atoms. The van der Waals surface area contributed by atoms with Crippen LogP contribution in [0.2, 0.25) is 5.02 Å². The van der Waals surface area contributed by atoms with Crippen molar-refractivity contribution < 1.29 is 4.74 Å². The highest BCUT2D eigenvalue weighted by molar-refractivity contribution is 6.30. The molecule has 1 aromatic carbocycles. The second-order valence-corrected chi connectivity index (χ2v) is 4.07. The molecular weight excluding hydrogens is 198 g/mol. The summed E-state index contributed by atoms with van der Waals surface area (Å²) in [6.45, 7) is 0.766. The van der Waals surface area contributed by atoms with E-state index in [1.54, 1.807) is 7.11 Å². The van der Waals surface area contributed by atoms with Gasteiger partial charge in [-0.2, -0.15) is 0 Å². The molecule has 2 nitrogen and oxygen atoms in total. The Kier molecular flexibility index (Phi) is 2.94. The van der Waals surface area contributed by atoms with Crippen LogP contribution in [0.5, 0.6) is 0 Å². The van der Waals surface area contributed by atoms with E-state index in [0.29, 0.717) is 6.04 Å². The molecule has 14 heavy (non-hydrogen) atoms. The number of hydrogen-bond donors (Lipinski definition) is 1. The topological polar surface area (TPSA) is 21.3 Å². The van der Waals surface area contributed by atoms with Crippen LogP contribution in [0.1, 0.15) is 12.0 Å². The van der Waals surface area contributed by atoms with E-state index in [1.807, 2.05) is 18.2 Å². The fraction of sp³-hybridized carbons (Fsp3) is 0.455. The maximum atomic E-state index is 5.92. The van der Waals surface area contributed by atoms with Crippen molar-refractivity contribution in [2.45, 2.75) is 18.9 Å². The Balaban J connectivity index is 2.15. The summed E-state index contributed by atoms with van der Waals surface area (Å²) in [5, 5.41) is 4.26. The number of anilines is 1. The van der Waals surface area contributed by atoms with E-state index >= 15 is 0 Å². The summed E-state index contributed by atoms with van der Waals surface area (Å²) in [6, 6.07) is 6.43. The Bertz CT molecular complexity index is 327. The van der Waals surface area contributed by atoms with Crippen molar-refractivity contribution in [2.75, 3.05) is 19.0 Å². The monoisotopic (exact) mass is 211 g/mol. The first-order valence-electron chi connectivity index (χ1n) is 4.83. The lowest BCUT2D eigenvalue weighted by Crippen LogP contribution is -2.29. The predicted molar refractivity (Wildman–Crippen MR) is 59.1 cm³/mol. The molecule has 1 aliphatic heterocycles. The van der Waals surface area contributed by atoms with Gasteiger partial charge in [-0.3, -0.25) is 0 Å². The van der Waals surface area contributed by atoms with Crippen LogP contribution < -0.4 is 5.32 Å². The normalized spacial score (nSPS) is 20.0. The van der Waals surface area contributed by atoms with Gasteiger partial charge in [-0.15, -0.1) is 0 Å². The SMILES string of the molecule is COCC1CCc2cc(Cl)ccc2N1. The van der Waals surface area contributed by atoms with E-state index in [9.17, 15) is 0 Å². The van der Waals surface area contributed by atoms with Crippen molar-refractivity contribution in [3.63, 3.8) is 0 Å². The zero-order chi connectivity index (χ0) is 9.97. The maximum Gasteiger partial charge on any atom is 0.0664 e. The molecular formula is C11H14ClNO. The summed E-state index contributed by atoms with van der Waals surface area (Å²) in [4.78, 5) is 0. The number of halogens is 1. The molecule has 1 unspecified atom stereocenters. The van der Waals surface area contributed by atoms with Gasteiger partial charge in [-0.1, -0.05) is 11.6 Å². The van der Waals surface area contributed by atoms with Crippen LogP contribution >= 0.6 is 11.6 Å². The van der Waals surface area contributed by atoms with Crippen LogP contribution in [0.4, 0.5) is 5.69 Å². The minimum Gasteiger partial charge on any atom is -0.383 e. The Morgan fingerprint density at radius 1 is 1.57 bits per heavy atom. The first-order chi connectivity index (χ1) is 6.79. The van der Waals surface area contributed by atoms with E-state index in [0.717, 1.165) is 24.5 Å². The van der Waals surface area contributed by atoms with E-state index in [-0.39, 0.29) is 0 Å². The lowest BCUT2D eigenvalue weighted by molar-refractivity contribution is 0.182. The van der Waals surface area contributed by atoms with Crippen LogP contribution in [0, 0.1) is 0 Å². The van der Waals surface area contributed by atoms with Crippen LogP contribution in [0.15, 0.2) is 18.2 Å². The number of nitrogens with one attached hydrogen (secondary N) is 1. The molecule has 1 heterocycles. The molecule has 76 valence electrons. The molecule has 3 heteroatoms. The Morgan fingerprint density at radius 3 is 3.21 bits per heavy atom. The van der Waals surface area contributed by atoms with Crippen molar-refractivity contribution >= 4 is 17.3 Å². The van der Waals surface area contributed by atoms with Gasteiger partial charge in [0.15, 0.2) is 0 Å². The number of ether oxygens (including phenoxy) is 1. The molecule has 1 aromatic rings. The molecule has 0 fully saturated rings. The largest absolute Gasteiger partial charge is 0.383 e. The van der Waals surface area contributed by atoms with Gasteiger partial charge in [-0.25, -0.2) is 0 Å². The highest BCUT2D eigenvalue weighted by atomic mass is 35.5. The average molecular weight is 212 g/mol. The van der Waals surface area contributed by atoms with Gasteiger partial charge in [0.1, 0.15) is 0 Å².